The fourth-order valence-electron chi connectivity index (χ4n) is 3.68. The summed E-state index contributed by atoms with van der Waals surface area (Å²) in [6.45, 7) is 2.88. The minimum Gasteiger partial charge on any atom is -0.481 e. The molecule has 1 aromatic carbocycles. The van der Waals surface area contributed by atoms with Gasteiger partial charge in [-0.3, -0.25) is 4.79 Å². The Morgan fingerprint density at radius 2 is 1.90 bits per heavy atom. The van der Waals surface area contributed by atoms with Crippen LogP contribution < -0.4 is 5.32 Å². The average molecular weight is 288 g/mol. The van der Waals surface area contributed by atoms with Gasteiger partial charge in [-0.05, 0) is 56.4 Å². The maximum absolute atomic E-state index is 11.2. The molecule has 2 aliphatic rings. The predicted octanol–water partition coefficient (Wildman–Crippen LogP) is 2.23. The first kappa shape index (κ1) is 14.5. The summed E-state index contributed by atoms with van der Waals surface area (Å²) in [7, 11) is 2.18. The van der Waals surface area contributed by atoms with Gasteiger partial charge in [0.2, 0.25) is 0 Å². The fraction of sp³-hybridized carbons (Fsp3) is 0.588. The Morgan fingerprint density at radius 3 is 2.52 bits per heavy atom. The summed E-state index contributed by atoms with van der Waals surface area (Å²) in [4.78, 5) is 13.5. The summed E-state index contributed by atoms with van der Waals surface area (Å²) in [5.74, 6) is -0.314. The highest BCUT2D eigenvalue weighted by atomic mass is 16.4. The molecule has 0 bridgehead atoms. The van der Waals surface area contributed by atoms with Gasteiger partial charge >= 0.3 is 5.97 Å². The van der Waals surface area contributed by atoms with Gasteiger partial charge in [-0.25, -0.2) is 0 Å². The molecular weight excluding hydrogens is 264 g/mol. The molecule has 0 radical (unpaired) electrons. The van der Waals surface area contributed by atoms with Gasteiger partial charge in [-0.1, -0.05) is 24.3 Å². The molecule has 2 saturated heterocycles. The van der Waals surface area contributed by atoms with Crippen molar-refractivity contribution in [1.29, 1.82) is 0 Å². The van der Waals surface area contributed by atoms with E-state index in [9.17, 15) is 9.90 Å². The Kier molecular flexibility index (Phi) is 4.27. The molecule has 1 aromatic rings. The SMILES string of the molecule is CN1CCC(c2ccccc2C2CC(C(=O)O)CN2)CC1. The van der Waals surface area contributed by atoms with Crippen LogP contribution in [0.2, 0.25) is 0 Å². The lowest BCUT2D eigenvalue weighted by Gasteiger charge is -2.31. The van der Waals surface area contributed by atoms with Crippen molar-refractivity contribution in [2.24, 2.45) is 5.92 Å². The second-order valence-electron chi connectivity index (χ2n) is 6.44. The van der Waals surface area contributed by atoms with Gasteiger partial charge in [-0.2, -0.15) is 0 Å². The van der Waals surface area contributed by atoms with Crippen LogP contribution in [0.4, 0.5) is 0 Å². The van der Waals surface area contributed by atoms with E-state index in [0.717, 1.165) is 13.1 Å². The van der Waals surface area contributed by atoms with Gasteiger partial charge in [0.05, 0.1) is 5.92 Å². The Balaban J connectivity index is 1.78. The molecule has 0 aromatic heterocycles. The van der Waals surface area contributed by atoms with Crippen LogP contribution in [0, 0.1) is 5.92 Å². The van der Waals surface area contributed by atoms with Crippen molar-refractivity contribution in [3.05, 3.63) is 35.4 Å². The van der Waals surface area contributed by atoms with Gasteiger partial charge in [0, 0.05) is 12.6 Å². The zero-order valence-electron chi connectivity index (χ0n) is 12.6. The van der Waals surface area contributed by atoms with E-state index in [0.29, 0.717) is 18.9 Å². The number of piperidine rings is 1. The van der Waals surface area contributed by atoms with E-state index in [1.54, 1.807) is 0 Å². The Morgan fingerprint density at radius 1 is 1.24 bits per heavy atom. The third kappa shape index (κ3) is 3.11. The fourth-order valence-corrected chi connectivity index (χ4v) is 3.68. The van der Waals surface area contributed by atoms with Gasteiger partial charge in [-0.15, -0.1) is 0 Å². The van der Waals surface area contributed by atoms with E-state index in [1.165, 1.54) is 24.0 Å². The molecule has 4 nitrogen and oxygen atoms in total. The Bertz CT molecular complexity index is 509. The second kappa shape index (κ2) is 6.16. The molecule has 0 aliphatic carbocycles. The average Bonchev–Trinajstić information content (AvgIpc) is 2.98. The van der Waals surface area contributed by atoms with E-state index in [4.69, 9.17) is 0 Å². The number of hydrogen-bond acceptors (Lipinski definition) is 3. The molecule has 2 unspecified atom stereocenters. The standard InChI is InChI=1S/C17H24N2O2/c1-19-8-6-12(7-9-19)14-4-2-3-5-15(14)16-10-13(11-18-16)17(20)21/h2-5,12-13,16,18H,6-11H2,1H3,(H,20,21). The predicted molar refractivity (Wildman–Crippen MR) is 82.4 cm³/mol. The number of hydrogen-bond donors (Lipinski definition) is 2. The summed E-state index contributed by atoms with van der Waals surface area (Å²) >= 11 is 0. The largest absolute Gasteiger partial charge is 0.481 e. The van der Waals surface area contributed by atoms with E-state index >= 15 is 0 Å². The van der Waals surface area contributed by atoms with Gasteiger partial charge < -0.3 is 15.3 Å². The quantitative estimate of drug-likeness (QED) is 0.895. The number of aliphatic carboxylic acids is 1. The van der Waals surface area contributed by atoms with Crippen LogP contribution in [0.3, 0.4) is 0 Å². The maximum Gasteiger partial charge on any atom is 0.307 e. The first-order valence-electron chi connectivity index (χ1n) is 7.88. The van der Waals surface area contributed by atoms with Crippen molar-refractivity contribution >= 4 is 5.97 Å². The van der Waals surface area contributed by atoms with Gasteiger partial charge in [0.1, 0.15) is 0 Å². The number of carbonyl (C=O) groups is 1. The first-order valence-corrected chi connectivity index (χ1v) is 7.88. The van der Waals surface area contributed by atoms with Crippen molar-refractivity contribution in [2.45, 2.75) is 31.2 Å². The lowest BCUT2D eigenvalue weighted by Crippen LogP contribution is -2.30. The van der Waals surface area contributed by atoms with Crippen LogP contribution in [-0.2, 0) is 4.79 Å². The Labute approximate surface area is 126 Å². The maximum atomic E-state index is 11.2. The van der Waals surface area contributed by atoms with Crippen LogP contribution >= 0.6 is 0 Å². The van der Waals surface area contributed by atoms with Gasteiger partial charge in [0.15, 0.2) is 0 Å². The zero-order chi connectivity index (χ0) is 14.8. The highest BCUT2D eigenvalue weighted by Crippen LogP contribution is 2.36. The van der Waals surface area contributed by atoms with E-state index in [1.807, 2.05) is 0 Å². The number of benzene rings is 1. The highest BCUT2D eigenvalue weighted by Gasteiger charge is 2.32. The third-order valence-corrected chi connectivity index (χ3v) is 5.01. The molecule has 2 N–H and O–H groups in total. The number of nitrogens with one attached hydrogen (secondary N) is 1. The van der Waals surface area contributed by atoms with E-state index in [-0.39, 0.29) is 12.0 Å². The topological polar surface area (TPSA) is 52.6 Å². The molecule has 2 aliphatic heterocycles. The third-order valence-electron chi connectivity index (χ3n) is 5.01. The van der Waals surface area contributed by atoms with Crippen LogP contribution in [0.5, 0.6) is 0 Å². The molecule has 0 spiro atoms. The lowest BCUT2D eigenvalue weighted by molar-refractivity contribution is -0.141. The molecule has 3 rings (SSSR count). The number of nitrogens with zero attached hydrogens (tertiary/aromatic N) is 1. The summed E-state index contributed by atoms with van der Waals surface area (Å²) in [6, 6.07) is 8.79. The molecule has 0 amide bonds. The smallest absolute Gasteiger partial charge is 0.307 e. The van der Waals surface area contributed by atoms with Crippen molar-refractivity contribution in [2.75, 3.05) is 26.7 Å². The summed E-state index contributed by atoms with van der Waals surface area (Å²) in [6.07, 6.45) is 3.10. The number of likely N-dealkylation sites (tertiary alicyclic amines) is 1. The lowest BCUT2D eigenvalue weighted by atomic mass is 9.84. The van der Waals surface area contributed by atoms with E-state index in [2.05, 4.69) is 41.5 Å². The molecular formula is C17H24N2O2. The van der Waals surface area contributed by atoms with Gasteiger partial charge in [0.25, 0.3) is 0 Å². The molecule has 2 heterocycles. The van der Waals surface area contributed by atoms with Crippen LogP contribution in [0.1, 0.15) is 42.3 Å². The summed E-state index contributed by atoms with van der Waals surface area (Å²) in [5, 5.41) is 12.6. The molecule has 4 heteroatoms. The molecule has 2 fully saturated rings. The van der Waals surface area contributed by atoms with Crippen molar-refractivity contribution in [3.63, 3.8) is 0 Å². The molecule has 114 valence electrons. The van der Waals surface area contributed by atoms with Crippen LogP contribution in [0.25, 0.3) is 0 Å². The van der Waals surface area contributed by atoms with Crippen LogP contribution in [-0.4, -0.2) is 42.7 Å². The number of carboxylic acid groups (broad SMARTS) is 1. The summed E-state index contributed by atoms with van der Waals surface area (Å²) in [5.41, 5.74) is 2.74. The molecule has 21 heavy (non-hydrogen) atoms. The minimum atomic E-state index is -0.679. The summed E-state index contributed by atoms with van der Waals surface area (Å²) < 4.78 is 0. The second-order valence-corrected chi connectivity index (χ2v) is 6.44. The zero-order valence-corrected chi connectivity index (χ0v) is 12.6. The molecule has 0 saturated carbocycles. The monoisotopic (exact) mass is 288 g/mol. The Hall–Kier alpha value is -1.39. The van der Waals surface area contributed by atoms with Crippen molar-refractivity contribution < 1.29 is 9.90 Å². The number of rotatable bonds is 3. The highest BCUT2D eigenvalue weighted by molar-refractivity contribution is 5.70. The van der Waals surface area contributed by atoms with E-state index < -0.39 is 5.97 Å². The van der Waals surface area contributed by atoms with Crippen molar-refractivity contribution in [1.82, 2.24) is 10.2 Å². The first-order chi connectivity index (χ1) is 10.1. The molecule has 2 atom stereocenters. The van der Waals surface area contributed by atoms with Crippen molar-refractivity contribution in [3.8, 4) is 0 Å². The normalized spacial score (nSPS) is 27.9. The van der Waals surface area contributed by atoms with Crippen LogP contribution in [0.15, 0.2) is 24.3 Å². The number of carboxylic acids is 1. The minimum absolute atomic E-state index is 0.196.